The molecule has 1 atom stereocenters. The largest absolute Gasteiger partial charge is 0.371 e. The maximum Gasteiger partial charge on any atom is 0.225 e. The van der Waals surface area contributed by atoms with E-state index in [1.54, 1.807) is 0 Å². The lowest BCUT2D eigenvalue weighted by Gasteiger charge is -2.18. The summed E-state index contributed by atoms with van der Waals surface area (Å²) in [6.45, 7) is 3.30. The molecule has 1 aromatic rings. The molecule has 2 N–H and O–H groups in total. The third kappa shape index (κ3) is 3.31. The highest BCUT2D eigenvalue weighted by molar-refractivity contribution is 5.91. The molecule has 2 saturated heterocycles. The molecule has 108 valence electrons. The van der Waals surface area contributed by atoms with Gasteiger partial charge in [-0.15, -0.1) is 0 Å². The topological polar surface area (TPSA) is 44.4 Å². The number of amides is 1. The van der Waals surface area contributed by atoms with E-state index in [9.17, 15) is 4.79 Å². The molecule has 3 rings (SSSR count). The average molecular weight is 273 g/mol. The smallest absolute Gasteiger partial charge is 0.225 e. The van der Waals surface area contributed by atoms with Gasteiger partial charge in [-0.1, -0.05) is 6.07 Å². The van der Waals surface area contributed by atoms with Crippen molar-refractivity contribution in [2.45, 2.75) is 38.1 Å². The van der Waals surface area contributed by atoms with Crippen LogP contribution in [-0.2, 0) is 4.79 Å². The number of nitrogens with one attached hydrogen (secondary N) is 2. The van der Waals surface area contributed by atoms with Crippen LogP contribution in [0.15, 0.2) is 24.3 Å². The lowest BCUT2D eigenvalue weighted by Crippen LogP contribution is -2.27. The number of hydrogen-bond acceptors (Lipinski definition) is 3. The fourth-order valence-electron chi connectivity index (χ4n) is 3.12. The standard InChI is InChI=1S/C16H23N3O/c20-16(12-13-6-4-8-17-13)18-14-5-3-7-15(11-14)19-9-1-2-10-19/h3,5,7,11,13,17H,1-2,4,6,8-10,12H2,(H,18,20). The molecular formula is C16H23N3O. The van der Waals surface area contributed by atoms with E-state index in [0.29, 0.717) is 12.5 Å². The Kier molecular flexibility index (Phi) is 4.21. The van der Waals surface area contributed by atoms with Gasteiger partial charge in [0.1, 0.15) is 0 Å². The van der Waals surface area contributed by atoms with Crippen molar-refractivity contribution in [1.29, 1.82) is 0 Å². The molecule has 0 bridgehead atoms. The Morgan fingerprint density at radius 3 is 2.90 bits per heavy atom. The Hall–Kier alpha value is -1.55. The van der Waals surface area contributed by atoms with Gasteiger partial charge < -0.3 is 15.5 Å². The van der Waals surface area contributed by atoms with Crippen LogP contribution in [0.5, 0.6) is 0 Å². The fourth-order valence-corrected chi connectivity index (χ4v) is 3.12. The van der Waals surface area contributed by atoms with Crippen LogP contribution in [0, 0.1) is 0 Å². The Balaban J connectivity index is 1.58. The quantitative estimate of drug-likeness (QED) is 0.885. The molecule has 0 aromatic heterocycles. The van der Waals surface area contributed by atoms with Crippen molar-refractivity contribution in [1.82, 2.24) is 5.32 Å². The minimum absolute atomic E-state index is 0.114. The predicted molar refractivity (Wildman–Crippen MR) is 82.2 cm³/mol. The van der Waals surface area contributed by atoms with E-state index < -0.39 is 0 Å². The monoisotopic (exact) mass is 273 g/mol. The highest BCUT2D eigenvalue weighted by Gasteiger charge is 2.18. The molecule has 0 radical (unpaired) electrons. The first kappa shape index (κ1) is 13.4. The normalized spacial score (nSPS) is 22.2. The molecule has 2 heterocycles. The van der Waals surface area contributed by atoms with Crippen molar-refractivity contribution in [2.75, 3.05) is 29.9 Å². The Morgan fingerprint density at radius 2 is 2.15 bits per heavy atom. The Labute approximate surface area is 120 Å². The molecule has 0 aliphatic carbocycles. The van der Waals surface area contributed by atoms with Crippen LogP contribution in [0.1, 0.15) is 32.1 Å². The molecule has 2 aliphatic rings. The Bertz CT molecular complexity index is 463. The fraction of sp³-hybridized carbons (Fsp3) is 0.562. The van der Waals surface area contributed by atoms with Crippen molar-refractivity contribution >= 4 is 17.3 Å². The number of rotatable bonds is 4. The molecule has 1 aromatic carbocycles. The number of benzene rings is 1. The Morgan fingerprint density at radius 1 is 1.30 bits per heavy atom. The van der Waals surface area contributed by atoms with Crippen molar-refractivity contribution < 1.29 is 4.79 Å². The van der Waals surface area contributed by atoms with Gasteiger partial charge in [0.05, 0.1) is 0 Å². The summed E-state index contributed by atoms with van der Waals surface area (Å²) in [5.74, 6) is 0.114. The third-order valence-electron chi connectivity index (χ3n) is 4.20. The molecule has 4 nitrogen and oxygen atoms in total. The molecule has 0 saturated carbocycles. The van der Waals surface area contributed by atoms with Crippen LogP contribution in [0.3, 0.4) is 0 Å². The molecule has 2 fully saturated rings. The van der Waals surface area contributed by atoms with Crippen LogP contribution in [-0.4, -0.2) is 31.6 Å². The van der Waals surface area contributed by atoms with E-state index in [1.165, 1.54) is 24.9 Å². The molecule has 0 spiro atoms. The van der Waals surface area contributed by atoms with Gasteiger partial charge in [0.2, 0.25) is 5.91 Å². The van der Waals surface area contributed by atoms with Gasteiger partial charge in [0.15, 0.2) is 0 Å². The van der Waals surface area contributed by atoms with Gasteiger partial charge in [0.25, 0.3) is 0 Å². The van der Waals surface area contributed by atoms with Crippen LogP contribution in [0.2, 0.25) is 0 Å². The first-order valence-electron chi connectivity index (χ1n) is 7.69. The van der Waals surface area contributed by atoms with E-state index in [-0.39, 0.29) is 5.91 Å². The lowest BCUT2D eigenvalue weighted by atomic mass is 10.1. The molecule has 1 amide bonds. The van der Waals surface area contributed by atoms with Gasteiger partial charge in [-0.05, 0) is 50.4 Å². The van der Waals surface area contributed by atoms with Crippen LogP contribution in [0.25, 0.3) is 0 Å². The summed E-state index contributed by atoms with van der Waals surface area (Å²) in [5.41, 5.74) is 2.14. The van der Waals surface area contributed by atoms with Crippen molar-refractivity contribution in [3.63, 3.8) is 0 Å². The second-order valence-corrected chi connectivity index (χ2v) is 5.79. The summed E-state index contributed by atoms with van der Waals surface area (Å²) >= 11 is 0. The number of nitrogens with zero attached hydrogens (tertiary/aromatic N) is 1. The molecule has 2 aliphatic heterocycles. The molecule has 4 heteroatoms. The van der Waals surface area contributed by atoms with Crippen LogP contribution in [0.4, 0.5) is 11.4 Å². The molecule has 1 unspecified atom stereocenters. The van der Waals surface area contributed by atoms with Gasteiger partial charge >= 0.3 is 0 Å². The zero-order chi connectivity index (χ0) is 13.8. The second kappa shape index (κ2) is 6.27. The highest BCUT2D eigenvalue weighted by Crippen LogP contribution is 2.23. The van der Waals surface area contributed by atoms with Crippen LogP contribution >= 0.6 is 0 Å². The van der Waals surface area contributed by atoms with Crippen molar-refractivity contribution in [3.05, 3.63) is 24.3 Å². The van der Waals surface area contributed by atoms with Gasteiger partial charge in [-0.25, -0.2) is 0 Å². The van der Waals surface area contributed by atoms with E-state index >= 15 is 0 Å². The first-order valence-corrected chi connectivity index (χ1v) is 7.69. The number of carbonyl (C=O) groups is 1. The first-order chi connectivity index (χ1) is 9.81. The maximum atomic E-state index is 12.0. The summed E-state index contributed by atoms with van der Waals surface area (Å²) in [6, 6.07) is 8.57. The highest BCUT2D eigenvalue weighted by atomic mass is 16.1. The summed E-state index contributed by atoms with van der Waals surface area (Å²) in [7, 11) is 0. The summed E-state index contributed by atoms with van der Waals surface area (Å²) in [5, 5.41) is 6.39. The minimum Gasteiger partial charge on any atom is -0.371 e. The van der Waals surface area contributed by atoms with E-state index in [2.05, 4.69) is 27.7 Å². The lowest BCUT2D eigenvalue weighted by molar-refractivity contribution is -0.116. The van der Waals surface area contributed by atoms with Gasteiger partial charge in [-0.3, -0.25) is 4.79 Å². The average Bonchev–Trinajstić information content (AvgIpc) is 3.11. The van der Waals surface area contributed by atoms with Crippen molar-refractivity contribution in [2.24, 2.45) is 0 Å². The SMILES string of the molecule is O=C(CC1CCCN1)Nc1cccc(N2CCCC2)c1. The van der Waals surface area contributed by atoms with Gasteiger partial charge in [-0.2, -0.15) is 0 Å². The second-order valence-electron chi connectivity index (χ2n) is 5.79. The van der Waals surface area contributed by atoms with Crippen LogP contribution < -0.4 is 15.5 Å². The zero-order valence-electron chi connectivity index (χ0n) is 11.9. The molecular weight excluding hydrogens is 250 g/mol. The summed E-state index contributed by atoms with van der Waals surface area (Å²) in [6.07, 6.45) is 5.41. The number of anilines is 2. The van der Waals surface area contributed by atoms with Gasteiger partial charge in [0, 0.05) is 36.9 Å². The minimum atomic E-state index is 0.114. The zero-order valence-corrected chi connectivity index (χ0v) is 11.9. The van der Waals surface area contributed by atoms with E-state index in [0.717, 1.165) is 31.7 Å². The van der Waals surface area contributed by atoms with E-state index in [1.807, 2.05) is 12.1 Å². The predicted octanol–water partition coefficient (Wildman–Crippen LogP) is 2.37. The number of carbonyl (C=O) groups excluding carboxylic acids is 1. The van der Waals surface area contributed by atoms with E-state index in [4.69, 9.17) is 0 Å². The maximum absolute atomic E-state index is 12.0. The summed E-state index contributed by atoms with van der Waals surface area (Å²) < 4.78 is 0. The third-order valence-corrected chi connectivity index (χ3v) is 4.20. The molecule has 20 heavy (non-hydrogen) atoms. The van der Waals surface area contributed by atoms with Crippen molar-refractivity contribution in [3.8, 4) is 0 Å². The number of hydrogen-bond donors (Lipinski definition) is 2. The summed E-state index contributed by atoms with van der Waals surface area (Å²) in [4.78, 5) is 14.4.